The Morgan fingerprint density at radius 3 is 3.20 bits per heavy atom. The summed E-state index contributed by atoms with van der Waals surface area (Å²) in [5, 5.41) is 0. The lowest BCUT2D eigenvalue weighted by molar-refractivity contribution is -0.129. The van der Waals surface area contributed by atoms with E-state index in [0.717, 1.165) is 18.7 Å². The fourth-order valence-electron chi connectivity index (χ4n) is 2.68. The monoisotopic (exact) mass is 206 g/mol. The molecule has 5 heteroatoms. The van der Waals surface area contributed by atoms with Gasteiger partial charge in [0.25, 0.3) is 0 Å². The third-order valence-corrected chi connectivity index (χ3v) is 3.43. The van der Waals surface area contributed by atoms with Crippen molar-refractivity contribution < 1.29 is 4.79 Å². The molecule has 3 heterocycles. The molecular formula is C10H14N4O. The van der Waals surface area contributed by atoms with E-state index < -0.39 is 0 Å². The van der Waals surface area contributed by atoms with E-state index in [0.29, 0.717) is 6.42 Å². The van der Waals surface area contributed by atoms with Gasteiger partial charge in [-0.15, -0.1) is 0 Å². The van der Waals surface area contributed by atoms with Crippen molar-refractivity contribution in [2.75, 3.05) is 6.54 Å². The van der Waals surface area contributed by atoms with Gasteiger partial charge in [0.2, 0.25) is 5.91 Å². The van der Waals surface area contributed by atoms with Crippen LogP contribution < -0.4 is 5.73 Å². The van der Waals surface area contributed by atoms with Crippen LogP contribution in [0.5, 0.6) is 0 Å². The zero-order valence-corrected chi connectivity index (χ0v) is 8.68. The number of carbonyl (C=O) groups excluding carboxylic acids is 1. The van der Waals surface area contributed by atoms with E-state index in [-0.39, 0.29) is 18.0 Å². The average Bonchev–Trinajstić information content (AvgIpc) is 2.70. The van der Waals surface area contributed by atoms with E-state index in [4.69, 9.17) is 5.73 Å². The molecule has 3 rings (SSSR count). The maximum atomic E-state index is 11.6. The first-order valence-electron chi connectivity index (χ1n) is 5.23. The second-order valence-corrected chi connectivity index (χ2v) is 4.34. The summed E-state index contributed by atoms with van der Waals surface area (Å²) in [5.74, 6) is 0.170. The topological polar surface area (TPSA) is 64.2 Å². The number of imidazole rings is 1. The molecule has 1 fully saturated rings. The lowest BCUT2D eigenvalue weighted by atomic mass is 10.0. The van der Waals surface area contributed by atoms with Gasteiger partial charge in [-0.25, -0.2) is 4.98 Å². The molecule has 0 spiro atoms. The second kappa shape index (κ2) is 2.82. The van der Waals surface area contributed by atoms with Crippen LogP contribution in [0.25, 0.3) is 0 Å². The number of hydrogen-bond acceptors (Lipinski definition) is 3. The Bertz CT molecular complexity index is 425. The number of hydrogen-bond donors (Lipinski definition) is 1. The molecule has 0 saturated carbocycles. The van der Waals surface area contributed by atoms with Gasteiger partial charge in [-0.05, 0) is 0 Å². The zero-order valence-electron chi connectivity index (χ0n) is 8.68. The lowest BCUT2D eigenvalue weighted by Crippen LogP contribution is -2.38. The van der Waals surface area contributed by atoms with Gasteiger partial charge >= 0.3 is 0 Å². The Morgan fingerprint density at radius 1 is 1.60 bits per heavy atom. The highest BCUT2D eigenvalue weighted by Gasteiger charge is 2.43. The largest absolute Gasteiger partial charge is 0.337 e. The number of aryl methyl sites for hydroxylation is 1. The Hall–Kier alpha value is -1.36. The van der Waals surface area contributed by atoms with Crippen LogP contribution in [0.4, 0.5) is 0 Å². The summed E-state index contributed by atoms with van der Waals surface area (Å²) in [6.07, 6.45) is 3.16. The van der Waals surface area contributed by atoms with E-state index in [1.807, 2.05) is 22.8 Å². The maximum absolute atomic E-state index is 11.6. The van der Waals surface area contributed by atoms with Crippen molar-refractivity contribution in [1.29, 1.82) is 0 Å². The molecular weight excluding hydrogens is 192 g/mol. The molecule has 2 unspecified atom stereocenters. The van der Waals surface area contributed by atoms with E-state index in [2.05, 4.69) is 4.98 Å². The molecule has 1 aromatic heterocycles. The molecule has 1 aromatic rings. The van der Waals surface area contributed by atoms with Crippen molar-refractivity contribution >= 4 is 5.91 Å². The van der Waals surface area contributed by atoms with Gasteiger partial charge in [0, 0.05) is 38.2 Å². The molecule has 1 saturated heterocycles. The molecule has 0 bridgehead atoms. The smallest absolute Gasteiger partial charge is 0.224 e. The molecule has 2 atom stereocenters. The molecule has 1 amide bonds. The van der Waals surface area contributed by atoms with Gasteiger partial charge in [-0.1, -0.05) is 0 Å². The quantitative estimate of drug-likeness (QED) is 0.627. The number of rotatable bonds is 0. The molecule has 2 aliphatic rings. The minimum Gasteiger partial charge on any atom is -0.337 e. The number of amides is 1. The fourth-order valence-corrected chi connectivity index (χ4v) is 2.68. The minimum atomic E-state index is -0.0913. The molecule has 5 nitrogen and oxygen atoms in total. The van der Waals surface area contributed by atoms with Crippen molar-refractivity contribution in [3.05, 3.63) is 17.7 Å². The summed E-state index contributed by atoms with van der Waals surface area (Å²) in [6, 6.07) is -0.0751. The number of aromatic nitrogens is 2. The Labute approximate surface area is 87.9 Å². The van der Waals surface area contributed by atoms with E-state index >= 15 is 0 Å². The van der Waals surface area contributed by atoms with Gasteiger partial charge in [0.1, 0.15) is 0 Å². The van der Waals surface area contributed by atoms with Crippen LogP contribution in [0.3, 0.4) is 0 Å². The van der Waals surface area contributed by atoms with Crippen LogP contribution >= 0.6 is 0 Å². The lowest BCUT2D eigenvalue weighted by Gasteiger charge is -2.30. The SMILES string of the molecule is Cn1cnc2c1CCN1C(=O)CC(N)C21. The summed E-state index contributed by atoms with van der Waals surface area (Å²) in [6.45, 7) is 0.781. The van der Waals surface area contributed by atoms with Crippen LogP contribution in [0.15, 0.2) is 6.33 Å². The standard InChI is InChI=1S/C10H14N4O/c1-13-5-12-9-7(13)2-3-14-8(15)4-6(11)10(9)14/h5-6,10H,2-4,11H2,1H3. The molecule has 15 heavy (non-hydrogen) atoms. The van der Waals surface area contributed by atoms with Crippen molar-refractivity contribution in [2.24, 2.45) is 12.8 Å². The number of nitrogens with zero attached hydrogens (tertiary/aromatic N) is 3. The number of carbonyl (C=O) groups is 1. The molecule has 2 N–H and O–H groups in total. The molecule has 2 aliphatic heterocycles. The van der Waals surface area contributed by atoms with E-state index in [1.165, 1.54) is 5.69 Å². The summed E-state index contributed by atoms with van der Waals surface area (Å²) >= 11 is 0. The van der Waals surface area contributed by atoms with Crippen LogP contribution in [-0.4, -0.2) is 32.9 Å². The minimum absolute atomic E-state index is 0.0162. The maximum Gasteiger partial charge on any atom is 0.224 e. The van der Waals surface area contributed by atoms with Gasteiger partial charge in [0.05, 0.1) is 18.1 Å². The van der Waals surface area contributed by atoms with Crippen molar-refractivity contribution in [2.45, 2.75) is 24.9 Å². The van der Waals surface area contributed by atoms with Crippen LogP contribution in [0.1, 0.15) is 23.9 Å². The third-order valence-electron chi connectivity index (χ3n) is 3.43. The first kappa shape index (κ1) is 8.91. The van der Waals surface area contributed by atoms with Crippen molar-refractivity contribution in [3.8, 4) is 0 Å². The van der Waals surface area contributed by atoms with E-state index in [1.54, 1.807) is 0 Å². The summed E-state index contributed by atoms with van der Waals surface area (Å²) in [7, 11) is 1.99. The highest BCUT2D eigenvalue weighted by Crippen LogP contribution is 2.36. The van der Waals surface area contributed by atoms with Crippen LogP contribution in [0.2, 0.25) is 0 Å². The average molecular weight is 206 g/mol. The molecule has 0 aromatic carbocycles. The summed E-state index contributed by atoms with van der Waals surface area (Å²) < 4.78 is 2.03. The number of nitrogens with two attached hydrogens (primary N) is 1. The van der Waals surface area contributed by atoms with Gasteiger partial charge < -0.3 is 15.2 Å². The predicted octanol–water partition coefficient (Wildman–Crippen LogP) is -0.423. The van der Waals surface area contributed by atoms with Crippen LogP contribution in [0, 0.1) is 0 Å². The fraction of sp³-hybridized carbons (Fsp3) is 0.600. The molecule has 0 radical (unpaired) electrons. The first-order chi connectivity index (χ1) is 7.18. The summed E-state index contributed by atoms with van der Waals surface area (Å²) in [4.78, 5) is 17.9. The normalized spacial score (nSPS) is 29.2. The molecule has 80 valence electrons. The third kappa shape index (κ3) is 1.07. The second-order valence-electron chi connectivity index (χ2n) is 4.34. The van der Waals surface area contributed by atoms with Gasteiger partial charge in [-0.3, -0.25) is 4.79 Å². The van der Waals surface area contributed by atoms with Crippen molar-refractivity contribution in [3.63, 3.8) is 0 Å². The Balaban J connectivity index is 2.09. The Kier molecular flexibility index (Phi) is 1.68. The van der Waals surface area contributed by atoms with Gasteiger partial charge in [0.15, 0.2) is 0 Å². The predicted molar refractivity (Wildman–Crippen MR) is 54.0 cm³/mol. The molecule has 0 aliphatic carbocycles. The highest BCUT2D eigenvalue weighted by molar-refractivity contribution is 5.80. The van der Waals surface area contributed by atoms with E-state index in [9.17, 15) is 4.79 Å². The zero-order chi connectivity index (χ0) is 10.6. The number of fused-ring (bicyclic) bond motifs is 3. The first-order valence-corrected chi connectivity index (χ1v) is 5.23. The van der Waals surface area contributed by atoms with Gasteiger partial charge in [-0.2, -0.15) is 0 Å². The highest BCUT2D eigenvalue weighted by atomic mass is 16.2. The van der Waals surface area contributed by atoms with Crippen LogP contribution in [-0.2, 0) is 18.3 Å². The Morgan fingerprint density at radius 2 is 2.40 bits per heavy atom. The van der Waals surface area contributed by atoms with Crippen molar-refractivity contribution in [1.82, 2.24) is 14.5 Å². The summed E-state index contributed by atoms with van der Waals surface area (Å²) in [5.41, 5.74) is 8.22.